The molecule has 1 aliphatic rings. The molecule has 0 bridgehead atoms. The zero-order valence-electron chi connectivity index (χ0n) is 10.1. The highest BCUT2D eigenvalue weighted by molar-refractivity contribution is 5.77. The molecule has 0 aromatic carbocycles. The maximum atomic E-state index is 11.5. The van der Waals surface area contributed by atoms with Crippen molar-refractivity contribution >= 4 is 5.91 Å². The van der Waals surface area contributed by atoms with Crippen molar-refractivity contribution in [3.8, 4) is 0 Å². The van der Waals surface area contributed by atoms with Crippen molar-refractivity contribution < 1.29 is 14.3 Å². The molecule has 16 heavy (non-hydrogen) atoms. The van der Waals surface area contributed by atoms with Crippen molar-refractivity contribution in [3.63, 3.8) is 0 Å². The second kappa shape index (κ2) is 7.60. The molecule has 2 unspecified atom stereocenters. The first-order valence-corrected chi connectivity index (χ1v) is 5.83. The topological polar surface area (TPSA) is 59.6 Å². The second-order valence-corrected chi connectivity index (χ2v) is 4.20. The third-order valence-electron chi connectivity index (χ3n) is 2.53. The summed E-state index contributed by atoms with van der Waals surface area (Å²) in [6, 6.07) is 0.0329. The Morgan fingerprint density at radius 3 is 3.06 bits per heavy atom. The number of nitrogens with one attached hydrogen (secondary N) is 2. The minimum absolute atomic E-state index is 0.0329. The predicted octanol–water partition coefficient (Wildman–Crippen LogP) is -0.0939. The summed E-state index contributed by atoms with van der Waals surface area (Å²) >= 11 is 0. The summed E-state index contributed by atoms with van der Waals surface area (Å²) in [6.07, 6.45) is 2.33. The molecule has 0 aliphatic carbocycles. The lowest BCUT2D eigenvalue weighted by Crippen LogP contribution is -2.41. The van der Waals surface area contributed by atoms with Gasteiger partial charge in [-0.05, 0) is 26.3 Å². The quantitative estimate of drug-likeness (QED) is 0.669. The number of carbonyl (C=O) groups excluding carboxylic acids is 1. The maximum Gasteiger partial charge on any atom is 0.246 e. The number of hydrogen-bond donors (Lipinski definition) is 2. The molecule has 0 saturated carbocycles. The van der Waals surface area contributed by atoms with Crippen LogP contribution in [-0.4, -0.2) is 51.5 Å². The molecular formula is C11H22N2O3. The van der Waals surface area contributed by atoms with Crippen LogP contribution in [-0.2, 0) is 14.3 Å². The molecule has 2 N–H and O–H groups in total. The van der Waals surface area contributed by atoms with Crippen LogP contribution in [0.2, 0.25) is 0 Å². The Balaban J connectivity index is 2.09. The van der Waals surface area contributed by atoms with Crippen LogP contribution >= 0.6 is 0 Å². The molecule has 94 valence electrons. The molecule has 2 atom stereocenters. The highest BCUT2D eigenvalue weighted by Gasteiger charge is 2.15. The molecule has 1 amide bonds. The van der Waals surface area contributed by atoms with Crippen LogP contribution in [0.25, 0.3) is 0 Å². The van der Waals surface area contributed by atoms with Crippen LogP contribution in [0.4, 0.5) is 0 Å². The molecule has 1 heterocycles. The van der Waals surface area contributed by atoms with E-state index in [1.54, 1.807) is 7.11 Å². The van der Waals surface area contributed by atoms with Gasteiger partial charge in [-0.1, -0.05) is 0 Å². The number of rotatable bonds is 6. The van der Waals surface area contributed by atoms with E-state index >= 15 is 0 Å². The highest BCUT2D eigenvalue weighted by atomic mass is 16.5. The molecule has 0 spiro atoms. The fourth-order valence-corrected chi connectivity index (χ4v) is 1.76. The van der Waals surface area contributed by atoms with Gasteiger partial charge in [0.2, 0.25) is 5.91 Å². The summed E-state index contributed by atoms with van der Waals surface area (Å²) in [7, 11) is 1.62. The molecule has 0 radical (unpaired) electrons. The van der Waals surface area contributed by atoms with Crippen LogP contribution in [0, 0.1) is 0 Å². The van der Waals surface area contributed by atoms with Gasteiger partial charge in [0.15, 0.2) is 0 Å². The van der Waals surface area contributed by atoms with E-state index in [1.807, 2.05) is 6.92 Å². The lowest BCUT2D eigenvalue weighted by Gasteiger charge is -2.23. The predicted molar refractivity (Wildman–Crippen MR) is 61.3 cm³/mol. The van der Waals surface area contributed by atoms with Gasteiger partial charge < -0.3 is 20.1 Å². The largest absolute Gasteiger partial charge is 0.383 e. The first kappa shape index (κ1) is 13.4. The number of methoxy groups -OCH3 is 1. The van der Waals surface area contributed by atoms with Crippen molar-refractivity contribution in [2.75, 3.05) is 33.4 Å². The number of hydrogen-bond acceptors (Lipinski definition) is 4. The monoisotopic (exact) mass is 230 g/mol. The lowest BCUT2D eigenvalue weighted by atomic mass is 10.1. The Hall–Kier alpha value is -0.650. The first-order valence-electron chi connectivity index (χ1n) is 5.83. The standard InChI is InChI=1S/C11H22N2O3/c1-9(7-15-2)13-11(14)8-16-10-4-3-5-12-6-10/h9-10,12H,3-8H2,1-2H3,(H,13,14). The van der Waals surface area contributed by atoms with Gasteiger partial charge in [-0.25, -0.2) is 0 Å². The summed E-state index contributed by atoms with van der Waals surface area (Å²) in [6.45, 7) is 4.47. The van der Waals surface area contributed by atoms with Gasteiger partial charge in [0.05, 0.1) is 12.7 Å². The molecule has 0 aromatic heterocycles. The molecule has 1 rings (SSSR count). The number of carbonyl (C=O) groups is 1. The van der Waals surface area contributed by atoms with Crippen molar-refractivity contribution in [2.45, 2.75) is 31.9 Å². The van der Waals surface area contributed by atoms with E-state index < -0.39 is 0 Å². The van der Waals surface area contributed by atoms with Crippen LogP contribution in [0.3, 0.4) is 0 Å². The van der Waals surface area contributed by atoms with Crippen LogP contribution in [0.1, 0.15) is 19.8 Å². The number of piperidine rings is 1. The van der Waals surface area contributed by atoms with Crippen molar-refractivity contribution in [2.24, 2.45) is 0 Å². The van der Waals surface area contributed by atoms with Gasteiger partial charge >= 0.3 is 0 Å². The average Bonchev–Trinajstić information content (AvgIpc) is 2.28. The van der Waals surface area contributed by atoms with E-state index in [2.05, 4.69) is 10.6 Å². The van der Waals surface area contributed by atoms with Crippen LogP contribution in [0.5, 0.6) is 0 Å². The third-order valence-corrected chi connectivity index (χ3v) is 2.53. The Morgan fingerprint density at radius 1 is 1.62 bits per heavy atom. The average molecular weight is 230 g/mol. The fraction of sp³-hybridized carbons (Fsp3) is 0.909. The zero-order valence-corrected chi connectivity index (χ0v) is 10.1. The van der Waals surface area contributed by atoms with Crippen molar-refractivity contribution in [3.05, 3.63) is 0 Å². The number of amides is 1. The second-order valence-electron chi connectivity index (χ2n) is 4.20. The Kier molecular flexibility index (Phi) is 6.37. The van der Waals surface area contributed by atoms with Crippen molar-refractivity contribution in [1.29, 1.82) is 0 Å². The van der Waals surface area contributed by atoms with E-state index in [4.69, 9.17) is 9.47 Å². The summed E-state index contributed by atoms with van der Waals surface area (Å²) in [4.78, 5) is 11.5. The van der Waals surface area contributed by atoms with E-state index in [9.17, 15) is 4.79 Å². The van der Waals surface area contributed by atoms with Gasteiger partial charge in [0.25, 0.3) is 0 Å². The minimum Gasteiger partial charge on any atom is -0.383 e. The molecule has 1 saturated heterocycles. The fourth-order valence-electron chi connectivity index (χ4n) is 1.76. The molecule has 1 fully saturated rings. The first-order chi connectivity index (χ1) is 7.72. The molecular weight excluding hydrogens is 208 g/mol. The third kappa shape index (κ3) is 5.44. The maximum absolute atomic E-state index is 11.5. The van der Waals surface area contributed by atoms with Gasteiger partial charge in [0.1, 0.15) is 6.61 Å². The minimum atomic E-state index is -0.0740. The summed E-state index contributed by atoms with van der Waals surface area (Å²) in [5.41, 5.74) is 0. The summed E-state index contributed by atoms with van der Waals surface area (Å²) < 4.78 is 10.4. The molecule has 0 aromatic rings. The normalized spacial score (nSPS) is 22.8. The Labute approximate surface area is 96.9 Å². The van der Waals surface area contributed by atoms with Gasteiger partial charge in [-0.3, -0.25) is 4.79 Å². The van der Waals surface area contributed by atoms with Gasteiger partial charge in [-0.15, -0.1) is 0 Å². The molecule has 5 heteroatoms. The van der Waals surface area contributed by atoms with E-state index in [-0.39, 0.29) is 24.7 Å². The lowest BCUT2D eigenvalue weighted by molar-refractivity contribution is -0.129. The van der Waals surface area contributed by atoms with E-state index in [1.165, 1.54) is 0 Å². The summed E-state index contributed by atoms with van der Waals surface area (Å²) in [5.74, 6) is -0.0740. The van der Waals surface area contributed by atoms with Crippen LogP contribution in [0.15, 0.2) is 0 Å². The van der Waals surface area contributed by atoms with E-state index in [0.29, 0.717) is 6.61 Å². The Morgan fingerprint density at radius 2 is 2.44 bits per heavy atom. The van der Waals surface area contributed by atoms with Crippen molar-refractivity contribution in [1.82, 2.24) is 10.6 Å². The Bertz CT molecular complexity index is 205. The smallest absolute Gasteiger partial charge is 0.246 e. The number of ether oxygens (including phenoxy) is 2. The SMILES string of the molecule is COCC(C)NC(=O)COC1CCCNC1. The molecule has 1 aliphatic heterocycles. The highest BCUT2D eigenvalue weighted by Crippen LogP contribution is 2.05. The van der Waals surface area contributed by atoms with Gasteiger partial charge in [0, 0.05) is 19.7 Å². The van der Waals surface area contributed by atoms with E-state index in [0.717, 1.165) is 25.9 Å². The summed E-state index contributed by atoms with van der Waals surface area (Å²) in [5, 5.41) is 6.05. The molecule has 5 nitrogen and oxygen atoms in total. The zero-order chi connectivity index (χ0) is 11.8. The van der Waals surface area contributed by atoms with Crippen LogP contribution < -0.4 is 10.6 Å². The van der Waals surface area contributed by atoms with Gasteiger partial charge in [-0.2, -0.15) is 0 Å².